The van der Waals surface area contributed by atoms with Gasteiger partial charge in [0.15, 0.2) is 0 Å². The zero-order chi connectivity index (χ0) is 19.4. The molecule has 2 fully saturated rings. The van der Waals surface area contributed by atoms with Crippen LogP contribution in [0.5, 0.6) is 5.75 Å². The number of methoxy groups -OCH3 is 1. The molecule has 1 unspecified atom stereocenters. The number of nitrogens with zero attached hydrogens (tertiary/aromatic N) is 2. The van der Waals surface area contributed by atoms with Gasteiger partial charge in [-0.2, -0.15) is 0 Å². The minimum absolute atomic E-state index is 0.0194. The molecule has 1 aromatic carbocycles. The Balaban J connectivity index is 1.67. The van der Waals surface area contributed by atoms with Gasteiger partial charge in [-0.3, -0.25) is 9.59 Å². The summed E-state index contributed by atoms with van der Waals surface area (Å²) in [4.78, 5) is 29.3. The molecule has 0 spiro atoms. The van der Waals surface area contributed by atoms with Gasteiger partial charge in [0.25, 0.3) is 11.8 Å². The van der Waals surface area contributed by atoms with Crippen LogP contribution < -0.4 is 4.74 Å². The molecule has 1 aromatic rings. The quantitative estimate of drug-likeness (QED) is 0.813. The van der Waals surface area contributed by atoms with E-state index in [2.05, 4.69) is 13.8 Å². The van der Waals surface area contributed by atoms with Crippen molar-refractivity contribution in [3.63, 3.8) is 0 Å². The van der Waals surface area contributed by atoms with E-state index in [0.29, 0.717) is 38.3 Å². The molecule has 0 bridgehead atoms. The van der Waals surface area contributed by atoms with Crippen LogP contribution in [0, 0.1) is 0 Å². The van der Waals surface area contributed by atoms with Crippen molar-refractivity contribution in [1.82, 2.24) is 9.80 Å². The van der Waals surface area contributed by atoms with E-state index in [4.69, 9.17) is 9.47 Å². The van der Waals surface area contributed by atoms with Gasteiger partial charge in [0.2, 0.25) is 0 Å². The maximum atomic E-state index is 13.0. The van der Waals surface area contributed by atoms with E-state index in [9.17, 15) is 9.59 Å². The molecule has 0 radical (unpaired) electrons. The lowest BCUT2D eigenvalue weighted by Gasteiger charge is -2.24. The average Bonchev–Trinajstić information content (AvgIpc) is 3.11. The molecule has 27 heavy (non-hydrogen) atoms. The number of rotatable bonds is 4. The molecule has 6 heteroatoms. The summed E-state index contributed by atoms with van der Waals surface area (Å²) in [6.45, 7) is 7.32. The van der Waals surface area contributed by atoms with Gasteiger partial charge < -0.3 is 19.3 Å². The maximum Gasteiger partial charge on any atom is 0.253 e. The highest BCUT2D eigenvalue weighted by Gasteiger charge is 2.30. The number of amides is 2. The Hall–Kier alpha value is -2.08. The molecule has 0 aromatic heterocycles. The zero-order valence-corrected chi connectivity index (χ0v) is 16.6. The number of carbonyl (C=O) groups is 2. The predicted octanol–water partition coefficient (Wildman–Crippen LogP) is 2.67. The van der Waals surface area contributed by atoms with Crippen LogP contribution in [0.2, 0.25) is 0 Å². The highest BCUT2D eigenvalue weighted by atomic mass is 16.5. The minimum Gasteiger partial charge on any atom is -0.496 e. The molecule has 3 rings (SSSR count). The van der Waals surface area contributed by atoms with Crippen molar-refractivity contribution in [2.75, 3.05) is 39.9 Å². The summed E-state index contributed by atoms with van der Waals surface area (Å²) >= 11 is 0. The third-order valence-electron chi connectivity index (χ3n) is 5.40. The van der Waals surface area contributed by atoms with Crippen molar-refractivity contribution < 1.29 is 19.1 Å². The first-order valence-electron chi connectivity index (χ1n) is 9.89. The summed E-state index contributed by atoms with van der Waals surface area (Å²) in [6, 6.07) is 5.63. The van der Waals surface area contributed by atoms with Crippen molar-refractivity contribution in [2.24, 2.45) is 0 Å². The van der Waals surface area contributed by atoms with Crippen LogP contribution in [0.3, 0.4) is 0 Å². The predicted molar refractivity (Wildman–Crippen MR) is 103 cm³/mol. The highest BCUT2D eigenvalue weighted by Crippen LogP contribution is 2.28. The van der Waals surface area contributed by atoms with Gasteiger partial charge in [0.05, 0.1) is 7.11 Å². The lowest BCUT2D eigenvalue weighted by Crippen LogP contribution is -2.41. The van der Waals surface area contributed by atoms with Gasteiger partial charge in [-0.25, -0.2) is 0 Å². The Bertz CT molecular complexity index is 683. The van der Waals surface area contributed by atoms with Crippen LogP contribution in [-0.4, -0.2) is 67.6 Å². The van der Waals surface area contributed by atoms with E-state index in [-0.39, 0.29) is 23.8 Å². The van der Waals surface area contributed by atoms with Crippen molar-refractivity contribution in [1.29, 1.82) is 0 Å². The molecule has 148 valence electrons. The number of hydrogen-bond donors (Lipinski definition) is 0. The molecule has 2 aliphatic heterocycles. The van der Waals surface area contributed by atoms with Gasteiger partial charge in [-0.1, -0.05) is 13.8 Å². The summed E-state index contributed by atoms with van der Waals surface area (Å²) in [5.74, 6) is 1.18. The topological polar surface area (TPSA) is 59.1 Å². The van der Waals surface area contributed by atoms with Crippen LogP contribution in [0.4, 0.5) is 0 Å². The Morgan fingerprint density at radius 3 is 2.52 bits per heavy atom. The molecule has 2 heterocycles. The molecular formula is C21H30N2O4. The number of hydrogen-bond acceptors (Lipinski definition) is 4. The van der Waals surface area contributed by atoms with E-state index >= 15 is 0 Å². The first-order chi connectivity index (χ1) is 13.0. The minimum atomic E-state index is -0.289. The lowest BCUT2D eigenvalue weighted by atomic mass is 9.99. The van der Waals surface area contributed by atoms with Gasteiger partial charge in [0, 0.05) is 38.3 Å². The van der Waals surface area contributed by atoms with Crippen molar-refractivity contribution in [3.8, 4) is 5.75 Å². The SMILES string of the molecule is COc1ccc(C(=O)N2CCCN(C(=O)C3CCCO3)CC2)cc1C(C)C. The second kappa shape index (κ2) is 8.74. The van der Waals surface area contributed by atoms with E-state index < -0.39 is 0 Å². The molecule has 0 saturated carbocycles. The first-order valence-corrected chi connectivity index (χ1v) is 9.89. The third kappa shape index (κ3) is 4.43. The summed E-state index contributed by atoms with van der Waals surface area (Å²) in [5, 5.41) is 0. The number of ether oxygens (including phenoxy) is 2. The first kappa shape index (κ1) is 19.7. The summed E-state index contributed by atoms with van der Waals surface area (Å²) < 4.78 is 10.9. The fourth-order valence-electron chi connectivity index (χ4n) is 3.82. The van der Waals surface area contributed by atoms with Gasteiger partial charge >= 0.3 is 0 Å². The Morgan fingerprint density at radius 1 is 1.11 bits per heavy atom. The summed E-state index contributed by atoms with van der Waals surface area (Å²) in [7, 11) is 1.65. The molecular weight excluding hydrogens is 344 g/mol. The molecule has 2 amide bonds. The van der Waals surface area contributed by atoms with E-state index in [1.54, 1.807) is 7.11 Å². The number of carbonyl (C=O) groups excluding carboxylic acids is 2. The molecule has 0 N–H and O–H groups in total. The van der Waals surface area contributed by atoms with Gasteiger partial charge in [0.1, 0.15) is 11.9 Å². The second-order valence-corrected chi connectivity index (χ2v) is 7.58. The van der Waals surface area contributed by atoms with E-state index in [0.717, 1.165) is 30.6 Å². The largest absolute Gasteiger partial charge is 0.496 e. The zero-order valence-electron chi connectivity index (χ0n) is 16.6. The maximum absolute atomic E-state index is 13.0. The average molecular weight is 374 g/mol. The fraction of sp³-hybridized carbons (Fsp3) is 0.619. The van der Waals surface area contributed by atoms with Crippen LogP contribution in [0.15, 0.2) is 18.2 Å². The Morgan fingerprint density at radius 2 is 1.85 bits per heavy atom. The summed E-state index contributed by atoms with van der Waals surface area (Å²) in [5.41, 5.74) is 1.71. The summed E-state index contributed by atoms with van der Waals surface area (Å²) in [6.07, 6.45) is 2.26. The smallest absolute Gasteiger partial charge is 0.253 e. The molecule has 0 aliphatic carbocycles. The fourth-order valence-corrected chi connectivity index (χ4v) is 3.82. The van der Waals surface area contributed by atoms with Crippen molar-refractivity contribution in [3.05, 3.63) is 29.3 Å². The molecule has 2 saturated heterocycles. The van der Waals surface area contributed by atoms with E-state index in [1.165, 1.54) is 0 Å². The van der Waals surface area contributed by atoms with Crippen LogP contribution in [0.1, 0.15) is 54.9 Å². The van der Waals surface area contributed by atoms with Gasteiger partial charge in [-0.15, -0.1) is 0 Å². The lowest BCUT2D eigenvalue weighted by molar-refractivity contribution is -0.140. The molecule has 2 aliphatic rings. The third-order valence-corrected chi connectivity index (χ3v) is 5.40. The Labute approximate surface area is 161 Å². The van der Waals surface area contributed by atoms with Crippen LogP contribution >= 0.6 is 0 Å². The van der Waals surface area contributed by atoms with E-state index in [1.807, 2.05) is 28.0 Å². The molecule has 6 nitrogen and oxygen atoms in total. The monoisotopic (exact) mass is 374 g/mol. The second-order valence-electron chi connectivity index (χ2n) is 7.58. The Kier molecular flexibility index (Phi) is 6.37. The van der Waals surface area contributed by atoms with Crippen molar-refractivity contribution >= 4 is 11.8 Å². The highest BCUT2D eigenvalue weighted by molar-refractivity contribution is 5.94. The standard InChI is InChI=1S/C21H30N2O4/c1-15(2)17-14-16(7-8-18(17)26-3)20(24)22-9-5-10-23(12-11-22)21(25)19-6-4-13-27-19/h7-8,14-15,19H,4-6,9-13H2,1-3H3. The van der Waals surface area contributed by atoms with Gasteiger partial charge in [-0.05, 0) is 48.9 Å². The van der Waals surface area contributed by atoms with Crippen LogP contribution in [-0.2, 0) is 9.53 Å². The van der Waals surface area contributed by atoms with Crippen LogP contribution in [0.25, 0.3) is 0 Å². The molecule has 1 atom stereocenters. The van der Waals surface area contributed by atoms with Crippen molar-refractivity contribution in [2.45, 2.75) is 45.1 Å². The number of benzene rings is 1. The normalized spacial score (nSPS) is 20.7.